The third-order valence-corrected chi connectivity index (χ3v) is 5.42. The van der Waals surface area contributed by atoms with Crippen LogP contribution in [0.15, 0.2) is 9.98 Å². The minimum atomic E-state index is -1.46. The lowest BCUT2D eigenvalue weighted by atomic mass is 10.1. The Morgan fingerprint density at radius 1 is 0.585 bits per heavy atom. The number of hydrogen-bond donors (Lipinski definition) is 11. The van der Waals surface area contributed by atoms with Crippen molar-refractivity contribution in [2.45, 2.75) is 75.5 Å². The minimum Gasteiger partial charge on any atom is -0.481 e. The van der Waals surface area contributed by atoms with Crippen LogP contribution in [0.25, 0.3) is 0 Å². The number of guanidine groups is 2. The summed E-state index contributed by atoms with van der Waals surface area (Å²) in [6.07, 6.45) is -1.32. The summed E-state index contributed by atoms with van der Waals surface area (Å²) in [5.74, 6) is -6.95. The topological polar surface area (TPSA) is 354 Å². The van der Waals surface area contributed by atoms with E-state index in [0.717, 1.165) is 0 Å². The van der Waals surface area contributed by atoms with Gasteiger partial charge in [0.2, 0.25) is 17.7 Å². The Bertz CT molecular complexity index is 981. The van der Waals surface area contributed by atoms with E-state index in [2.05, 4.69) is 25.9 Å². The molecule has 0 radical (unpaired) electrons. The quantitative estimate of drug-likeness (QED) is 0.0343. The van der Waals surface area contributed by atoms with E-state index < -0.39 is 72.6 Å². The molecule has 19 heteroatoms. The molecule has 0 fully saturated rings. The van der Waals surface area contributed by atoms with Crippen molar-refractivity contribution in [3.05, 3.63) is 0 Å². The van der Waals surface area contributed by atoms with Crippen molar-refractivity contribution in [1.29, 1.82) is 0 Å². The highest BCUT2D eigenvalue weighted by molar-refractivity contribution is 5.94. The Kier molecular flexibility index (Phi) is 17.2. The van der Waals surface area contributed by atoms with Gasteiger partial charge < -0.3 is 59.9 Å². The van der Waals surface area contributed by atoms with E-state index in [4.69, 9.17) is 38.9 Å². The van der Waals surface area contributed by atoms with E-state index in [9.17, 15) is 33.9 Å². The standard InChI is InChI=1S/C22H40N10O9/c23-11(5-7-15(33)34)17(37)30-13(6-8-16(35)36)19(39)31-12(3-1-9-28-21(24)25)18(38)32-14(20(40)41)4-2-10-29-22(26)27/h11-14H,1-10,23H2,(H,30,37)(H,31,39)(H,32,38)(H,33,34)(H,35,36)(H,40,41)(H4,24,25,28)(H4,26,27,29). The van der Waals surface area contributed by atoms with Gasteiger partial charge in [0.05, 0.1) is 6.04 Å². The molecule has 232 valence electrons. The SMILES string of the molecule is NC(N)=NCCCC(NC(=O)C(CCCN=C(N)N)NC(=O)C(CCC(=O)O)NC(=O)C(N)CCC(=O)O)C(=O)O. The Balaban J connectivity index is 5.72. The molecule has 16 N–H and O–H groups in total. The second kappa shape index (κ2) is 19.4. The van der Waals surface area contributed by atoms with Crippen LogP contribution < -0.4 is 44.6 Å². The van der Waals surface area contributed by atoms with Crippen LogP contribution in [0, 0.1) is 0 Å². The summed E-state index contributed by atoms with van der Waals surface area (Å²) in [7, 11) is 0. The van der Waals surface area contributed by atoms with Crippen LogP contribution in [-0.4, -0.2) is 100 Å². The fourth-order valence-corrected chi connectivity index (χ4v) is 3.30. The van der Waals surface area contributed by atoms with Gasteiger partial charge in [0, 0.05) is 25.9 Å². The van der Waals surface area contributed by atoms with Crippen molar-refractivity contribution < 1.29 is 44.1 Å². The largest absolute Gasteiger partial charge is 0.481 e. The third-order valence-electron chi connectivity index (χ3n) is 5.42. The van der Waals surface area contributed by atoms with Crippen LogP contribution in [0.5, 0.6) is 0 Å². The van der Waals surface area contributed by atoms with E-state index in [1.807, 2.05) is 0 Å². The summed E-state index contributed by atoms with van der Waals surface area (Å²) in [4.78, 5) is 79.6. The highest BCUT2D eigenvalue weighted by Crippen LogP contribution is 2.07. The van der Waals surface area contributed by atoms with Gasteiger partial charge in [-0.25, -0.2) is 4.79 Å². The van der Waals surface area contributed by atoms with Crippen molar-refractivity contribution in [2.24, 2.45) is 38.7 Å². The van der Waals surface area contributed by atoms with Gasteiger partial charge in [-0.15, -0.1) is 0 Å². The number of carboxylic acid groups (broad SMARTS) is 3. The molecule has 0 saturated heterocycles. The normalized spacial score (nSPS) is 13.4. The molecule has 0 aliphatic heterocycles. The maximum atomic E-state index is 13.1. The highest BCUT2D eigenvalue weighted by Gasteiger charge is 2.30. The lowest BCUT2D eigenvalue weighted by Crippen LogP contribution is -2.57. The fourth-order valence-electron chi connectivity index (χ4n) is 3.30. The smallest absolute Gasteiger partial charge is 0.326 e. The molecule has 0 aromatic heterocycles. The predicted molar refractivity (Wildman–Crippen MR) is 145 cm³/mol. The number of amides is 3. The van der Waals surface area contributed by atoms with Gasteiger partial charge in [0.25, 0.3) is 0 Å². The van der Waals surface area contributed by atoms with Crippen LogP contribution in [0.2, 0.25) is 0 Å². The van der Waals surface area contributed by atoms with E-state index in [1.54, 1.807) is 0 Å². The van der Waals surface area contributed by atoms with Crippen molar-refractivity contribution in [3.8, 4) is 0 Å². The minimum absolute atomic E-state index is 0.0436. The fraction of sp³-hybridized carbons (Fsp3) is 0.636. The van der Waals surface area contributed by atoms with E-state index in [1.165, 1.54) is 0 Å². The molecule has 0 rings (SSSR count). The first-order valence-electron chi connectivity index (χ1n) is 12.6. The first-order valence-corrected chi connectivity index (χ1v) is 12.6. The molecule has 0 aliphatic rings. The van der Waals surface area contributed by atoms with Gasteiger partial charge in [0.1, 0.15) is 18.1 Å². The molecule has 0 bridgehead atoms. The summed E-state index contributed by atoms with van der Waals surface area (Å²) in [6.45, 7) is 0.181. The molecular weight excluding hydrogens is 548 g/mol. The zero-order chi connectivity index (χ0) is 31.5. The molecule has 0 aliphatic carbocycles. The summed E-state index contributed by atoms with van der Waals surface area (Å²) in [5, 5.41) is 34.4. The summed E-state index contributed by atoms with van der Waals surface area (Å²) in [6, 6.07) is -5.46. The molecule has 4 unspecified atom stereocenters. The van der Waals surface area contributed by atoms with Crippen LogP contribution >= 0.6 is 0 Å². The number of nitrogens with zero attached hydrogens (tertiary/aromatic N) is 2. The molecule has 0 heterocycles. The molecular formula is C22H40N10O9. The van der Waals surface area contributed by atoms with E-state index >= 15 is 0 Å². The first kappa shape index (κ1) is 36.3. The van der Waals surface area contributed by atoms with Crippen LogP contribution in [0.4, 0.5) is 0 Å². The lowest BCUT2D eigenvalue weighted by molar-refractivity contribution is -0.142. The zero-order valence-electron chi connectivity index (χ0n) is 22.5. The van der Waals surface area contributed by atoms with Gasteiger partial charge in [0.15, 0.2) is 11.9 Å². The van der Waals surface area contributed by atoms with Gasteiger partial charge in [-0.2, -0.15) is 0 Å². The Morgan fingerprint density at radius 3 is 1.41 bits per heavy atom. The number of carbonyl (C=O) groups excluding carboxylic acids is 3. The Morgan fingerprint density at radius 2 is 0.976 bits per heavy atom. The van der Waals surface area contributed by atoms with E-state index in [-0.39, 0.29) is 63.5 Å². The summed E-state index contributed by atoms with van der Waals surface area (Å²) < 4.78 is 0. The monoisotopic (exact) mass is 588 g/mol. The molecule has 3 amide bonds. The van der Waals surface area contributed by atoms with Gasteiger partial charge >= 0.3 is 17.9 Å². The van der Waals surface area contributed by atoms with Gasteiger partial charge in [-0.1, -0.05) is 0 Å². The van der Waals surface area contributed by atoms with Crippen LogP contribution in [-0.2, 0) is 28.8 Å². The predicted octanol–water partition coefficient (Wildman–Crippen LogP) is -4.31. The first-order chi connectivity index (χ1) is 19.1. The van der Waals surface area contributed by atoms with Gasteiger partial charge in [-0.3, -0.25) is 34.0 Å². The third kappa shape index (κ3) is 17.5. The Hall–Kier alpha value is -4.68. The molecule has 0 aromatic carbocycles. The van der Waals surface area contributed by atoms with Crippen molar-refractivity contribution in [3.63, 3.8) is 0 Å². The number of nitrogens with two attached hydrogens (primary N) is 5. The molecule has 19 nitrogen and oxygen atoms in total. The average Bonchev–Trinajstić information content (AvgIpc) is 2.87. The number of rotatable bonds is 21. The van der Waals surface area contributed by atoms with Crippen molar-refractivity contribution in [1.82, 2.24) is 16.0 Å². The summed E-state index contributed by atoms with van der Waals surface area (Å²) >= 11 is 0. The van der Waals surface area contributed by atoms with Crippen LogP contribution in [0.3, 0.4) is 0 Å². The highest BCUT2D eigenvalue weighted by atomic mass is 16.4. The molecule has 41 heavy (non-hydrogen) atoms. The molecule has 4 atom stereocenters. The zero-order valence-corrected chi connectivity index (χ0v) is 22.5. The van der Waals surface area contributed by atoms with Crippen molar-refractivity contribution in [2.75, 3.05) is 13.1 Å². The number of carboxylic acids is 3. The maximum Gasteiger partial charge on any atom is 0.326 e. The number of nitrogens with one attached hydrogen (secondary N) is 3. The maximum absolute atomic E-state index is 13.1. The second-order valence-corrected chi connectivity index (χ2v) is 8.89. The van der Waals surface area contributed by atoms with Crippen molar-refractivity contribution >= 4 is 47.5 Å². The number of hydrogen-bond acceptors (Lipinski definition) is 9. The number of aliphatic imine (C=N–C) groups is 2. The molecule has 0 saturated carbocycles. The Labute approximate surface area is 235 Å². The molecule has 0 spiro atoms. The lowest BCUT2D eigenvalue weighted by Gasteiger charge is -2.25. The van der Waals surface area contributed by atoms with E-state index in [0.29, 0.717) is 0 Å². The van der Waals surface area contributed by atoms with Crippen LogP contribution in [0.1, 0.15) is 51.4 Å². The van der Waals surface area contributed by atoms with Gasteiger partial charge in [-0.05, 0) is 38.5 Å². The summed E-state index contributed by atoms with van der Waals surface area (Å²) in [5.41, 5.74) is 26.7. The number of carbonyl (C=O) groups is 6. The average molecular weight is 589 g/mol. The molecule has 0 aromatic rings. The second-order valence-electron chi connectivity index (χ2n) is 8.89. The number of aliphatic carboxylic acids is 3.